The summed E-state index contributed by atoms with van der Waals surface area (Å²) < 4.78 is 34.3. The SMILES string of the molecule is NC(=O)OC[C@@H]1[C@H](N)C(=O)N1S(=O)(=O)O.[Na]. The van der Waals surface area contributed by atoms with E-state index in [1.165, 1.54) is 0 Å². The van der Waals surface area contributed by atoms with E-state index in [0.29, 0.717) is 0 Å². The van der Waals surface area contributed by atoms with Gasteiger partial charge in [-0.1, -0.05) is 0 Å². The predicted octanol–water partition coefficient (Wildman–Crippen LogP) is -2.96. The Labute approximate surface area is 113 Å². The summed E-state index contributed by atoms with van der Waals surface area (Å²) in [6, 6.07) is -2.24. The first-order valence-electron chi connectivity index (χ1n) is 3.73. The number of carbonyl (C=O) groups excluding carboxylic acids is 2. The van der Waals surface area contributed by atoms with E-state index in [1.807, 2.05) is 0 Å². The Morgan fingerprint density at radius 1 is 1.56 bits per heavy atom. The van der Waals surface area contributed by atoms with Crippen molar-refractivity contribution in [2.75, 3.05) is 6.61 Å². The number of primary amides is 1. The standard InChI is InChI=1S/C5H9N3O6S.Na/c6-3-2(1-14-5(7)10)8(4(3)9)15(11,12)13;/h2-3H,1,6H2,(H2,7,10)(H,11,12,13);/t2-,3+;/m1./s1. The first-order valence-corrected chi connectivity index (χ1v) is 5.13. The molecule has 0 unspecified atom stereocenters. The van der Waals surface area contributed by atoms with Crippen LogP contribution < -0.4 is 11.5 Å². The molecule has 0 aromatic heterocycles. The molecule has 1 rings (SSSR count). The predicted molar refractivity (Wildman–Crippen MR) is 51.4 cm³/mol. The van der Waals surface area contributed by atoms with Crippen LogP contribution in [0.4, 0.5) is 4.79 Å². The second kappa shape index (κ2) is 5.29. The minimum Gasteiger partial charge on any atom is -0.447 e. The Kier molecular flexibility index (Phi) is 5.16. The van der Waals surface area contributed by atoms with Gasteiger partial charge in [-0.25, -0.2) is 9.10 Å². The molecule has 1 saturated heterocycles. The van der Waals surface area contributed by atoms with Crippen LogP contribution in [-0.4, -0.2) is 77.5 Å². The molecule has 0 aromatic carbocycles. The Balaban J connectivity index is 0.00000225. The van der Waals surface area contributed by atoms with Crippen molar-refractivity contribution in [3.8, 4) is 0 Å². The average molecular weight is 262 g/mol. The molecule has 0 spiro atoms. The van der Waals surface area contributed by atoms with E-state index in [2.05, 4.69) is 10.5 Å². The molecule has 0 saturated carbocycles. The molecule has 87 valence electrons. The van der Waals surface area contributed by atoms with Gasteiger partial charge >= 0.3 is 16.4 Å². The van der Waals surface area contributed by atoms with Crippen LogP contribution in [0.15, 0.2) is 0 Å². The average Bonchev–Trinajstić information content (AvgIpc) is 2.07. The number of hydrogen-bond donors (Lipinski definition) is 3. The minimum absolute atomic E-state index is 0. The number of hydrogen-bond acceptors (Lipinski definition) is 6. The van der Waals surface area contributed by atoms with E-state index < -0.39 is 41.0 Å². The summed E-state index contributed by atoms with van der Waals surface area (Å²) in [6.45, 7) is -0.484. The molecule has 0 aromatic rings. The molecule has 1 aliphatic rings. The molecular formula is C5H9N3NaO6S. The summed E-state index contributed by atoms with van der Waals surface area (Å²) in [5, 5.41) is 0. The second-order valence-electron chi connectivity index (χ2n) is 2.84. The van der Waals surface area contributed by atoms with Crippen LogP contribution in [0.5, 0.6) is 0 Å². The van der Waals surface area contributed by atoms with Gasteiger partial charge in [0.25, 0.3) is 5.91 Å². The number of β-lactam (4-membered cyclic amide) rings is 1. The molecule has 2 amide bonds. The molecule has 5 N–H and O–H groups in total. The van der Waals surface area contributed by atoms with E-state index in [-0.39, 0.29) is 33.9 Å². The quantitative estimate of drug-likeness (QED) is 0.279. The van der Waals surface area contributed by atoms with Gasteiger partial charge in [0.15, 0.2) is 0 Å². The molecule has 1 heterocycles. The maximum absolute atomic E-state index is 11.0. The molecule has 0 aliphatic carbocycles. The van der Waals surface area contributed by atoms with E-state index in [4.69, 9.17) is 10.3 Å². The van der Waals surface area contributed by atoms with Gasteiger partial charge in [0.2, 0.25) is 0 Å². The van der Waals surface area contributed by atoms with Gasteiger partial charge in [-0.2, -0.15) is 8.42 Å². The third-order valence-electron chi connectivity index (χ3n) is 1.86. The zero-order valence-corrected chi connectivity index (χ0v) is 11.2. The van der Waals surface area contributed by atoms with Crippen molar-refractivity contribution in [2.24, 2.45) is 11.5 Å². The fraction of sp³-hybridized carbons (Fsp3) is 0.600. The second-order valence-corrected chi connectivity index (χ2v) is 4.12. The van der Waals surface area contributed by atoms with Crippen molar-refractivity contribution in [3.05, 3.63) is 0 Å². The topological polar surface area (TPSA) is 153 Å². The number of ether oxygens (including phenoxy) is 1. The zero-order chi connectivity index (χ0) is 11.8. The Hall–Kier alpha value is -0.390. The van der Waals surface area contributed by atoms with Gasteiger partial charge in [0.1, 0.15) is 18.7 Å². The van der Waals surface area contributed by atoms with Gasteiger partial charge in [-0.3, -0.25) is 9.35 Å². The van der Waals surface area contributed by atoms with Gasteiger partial charge in [-0.05, 0) is 0 Å². The molecule has 9 nitrogen and oxygen atoms in total. The van der Waals surface area contributed by atoms with Crippen LogP contribution >= 0.6 is 0 Å². The largest absolute Gasteiger partial charge is 0.447 e. The maximum atomic E-state index is 11.0. The summed E-state index contributed by atoms with van der Waals surface area (Å²) in [5.74, 6) is -0.962. The summed E-state index contributed by atoms with van der Waals surface area (Å²) in [6.07, 6.45) is -1.13. The smallest absolute Gasteiger partial charge is 0.404 e. The summed E-state index contributed by atoms with van der Waals surface area (Å²) in [5.41, 5.74) is 9.88. The third-order valence-corrected chi connectivity index (χ3v) is 2.81. The Morgan fingerprint density at radius 3 is 2.44 bits per heavy atom. The molecule has 2 atom stereocenters. The van der Waals surface area contributed by atoms with Crippen molar-refractivity contribution in [1.82, 2.24) is 4.31 Å². The summed E-state index contributed by atoms with van der Waals surface area (Å²) in [4.78, 5) is 21.2. The normalized spacial score (nSPS) is 24.4. The molecular weight excluding hydrogens is 253 g/mol. The molecule has 1 aliphatic heterocycles. The first-order chi connectivity index (χ1) is 6.75. The molecule has 1 fully saturated rings. The zero-order valence-electron chi connectivity index (χ0n) is 8.36. The van der Waals surface area contributed by atoms with Gasteiger partial charge < -0.3 is 16.2 Å². The first kappa shape index (κ1) is 15.6. The van der Waals surface area contributed by atoms with E-state index >= 15 is 0 Å². The minimum atomic E-state index is -4.67. The third kappa shape index (κ3) is 3.06. The number of amides is 2. The molecule has 0 bridgehead atoms. The van der Waals surface area contributed by atoms with Crippen LogP contribution in [0.3, 0.4) is 0 Å². The maximum Gasteiger partial charge on any atom is 0.404 e. The van der Waals surface area contributed by atoms with Gasteiger partial charge in [0.05, 0.1) is 0 Å². The number of rotatable bonds is 3. The number of carbonyl (C=O) groups is 2. The Morgan fingerprint density at radius 2 is 2.06 bits per heavy atom. The van der Waals surface area contributed by atoms with Crippen LogP contribution in [0, 0.1) is 0 Å². The van der Waals surface area contributed by atoms with Crippen LogP contribution in [0.25, 0.3) is 0 Å². The van der Waals surface area contributed by atoms with Crippen molar-refractivity contribution in [3.63, 3.8) is 0 Å². The molecule has 16 heavy (non-hydrogen) atoms. The number of nitrogens with two attached hydrogens (primary N) is 2. The fourth-order valence-corrected chi connectivity index (χ4v) is 2.05. The summed E-state index contributed by atoms with van der Waals surface area (Å²) >= 11 is 0. The fourth-order valence-electron chi connectivity index (χ4n) is 1.16. The van der Waals surface area contributed by atoms with Gasteiger partial charge in [0, 0.05) is 29.6 Å². The molecule has 11 heteroatoms. The van der Waals surface area contributed by atoms with Crippen molar-refractivity contribution in [1.29, 1.82) is 0 Å². The number of nitrogens with zero attached hydrogens (tertiary/aromatic N) is 1. The van der Waals surface area contributed by atoms with Crippen LogP contribution in [0.2, 0.25) is 0 Å². The van der Waals surface area contributed by atoms with Crippen LogP contribution in [0.1, 0.15) is 0 Å². The van der Waals surface area contributed by atoms with Crippen LogP contribution in [-0.2, 0) is 19.8 Å². The van der Waals surface area contributed by atoms with Gasteiger partial charge in [-0.15, -0.1) is 0 Å². The van der Waals surface area contributed by atoms with E-state index in [0.717, 1.165) is 0 Å². The van der Waals surface area contributed by atoms with Crippen molar-refractivity contribution in [2.45, 2.75) is 12.1 Å². The van der Waals surface area contributed by atoms with E-state index in [9.17, 15) is 18.0 Å². The summed E-state index contributed by atoms with van der Waals surface area (Å²) in [7, 11) is -4.67. The van der Waals surface area contributed by atoms with Crippen molar-refractivity contribution < 1.29 is 27.3 Å². The Bertz CT molecular complexity index is 397. The molecule has 1 radical (unpaired) electrons. The van der Waals surface area contributed by atoms with E-state index in [1.54, 1.807) is 0 Å². The monoisotopic (exact) mass is 262 g/mol. The van der Waals surface area contributed by atoms with Crippen molar-refractivity contribution >= 4 is 51.9 Å².